The largest absolute Gasteiger partial charge is 0.599 e. The maximum absolute atomic E-state index is 12.5. The van der Waals surface area contributed by atoms with Crippen LogP contribution >= 0.6 is 0 Å². The highest BCUT2D eigenvalue weighted by Crippen LogP contribution is 2.44. The van der Waals surface area contributed by atoms with Crippen molar-refractivity contribution in [3.05, 3.63) is 99.6 Å². The van der Waals surface area contributed by atoms with Gasteiger partial charge in [0.2, 0.25) is 0 Å². The Kier molecular flexibility index (Phi) is 6.35. The van der Waals surface area contributed by atoms with Crippen LogP contribution in [0.4, 0.5) is 5.69 Å². The van der Waals surface area contributed by atoms with Crippen molar-refractivity contribution < 1.29 is 24.3 Å². The number of rotatable bonds is 7. The number of carbonyl (C=O) groups is 1. The number of carbonyl (C=O) groups excluding carboxylic acids is 1. The number of hydrogen-bond acceptors (Lipinski definition) is 7. The van der Waals surface area contributed by atoms with Crippen LogP contribution < -0.4 is 5.11 Å². The smallest absolute Gasteiger partial charge is 0.331 e. The lowest BCUT2D eigenvalue weighted by Gasteiger charge is -2.22. The van der Waals surface area contributed by atoms with Gasteiger partial charge in [0.05, 0.1) is 12.0 Å². The van der Waals surface area contributed by atoms with Crippen molar-refractivity contribution in [3.8, 4) is 11.1 Å². The van der Waals surface area contributed by atoms with Crippen molar-refractivity contribution >= 4 is 17.7 Å². The maximum atomic E-state index is 12.5. The number of fused-ring (bicyclic) bond motifs is 3. The summed E-state index contributed by atoms with van der Waals surface area (Å²) in [5, 5.41) is 23.3. The number of ether oxygens (including phenoxy) is 2. The van der Waals surface area contributed by atoms with Gasteiger partial charge in [0.25, 0.3) is 5.69 Å². The van der Waals surface area contributed by atoms with Crippen LogP contribution in [-0.2, 0) is 20.7 Å². The van der Waals surface area contributed by atoms with Crippen molar-refractivity contribution in [2.75, 3.05) is 13.7 Å². The summed E-state index contributed by atoms with van der Waals surface area (Å²) in [5.41, 5.74) is 4.89. The predicted octanol–water partition coefficient (Wildman–Crippen LogP) is 3.22. The average Bonchev–Trinajstić information content (AvgIpc) is 3.16. The molecule has 1 aliphatic rings. The van der Waals surface area contributed by atoms with Gasteiger partial charge in [-0.05, 0) is 27.8 Å². The molecule has 0 fully saturated rings. The number of nitro benzene ring substituents is 1. The first kappa shape index (κ1) is 22.0. The Morgan fingerprint density at radius 1 is 1.00 bits per heavy atom. The number of methoxy groups -OCH3 is 1. The summed E-state index contributed by atoms with van der Waals surface area (Å²) in [6.45, 7) is 0.0851. The van der Waals surface area contributed by atoms with E-state index in [1.807, 2.05) is 48.5 Å². The highest BCUT2D eigenvalue weighted by Gasteiger charge is 2.27. The number of nitro groups is 1. The SMILES string of the molecule is COC(=O)C(Cc1ccc([N+](=O)[O-])cc1)N=C([O-])OCC1c2ccccc2-c2ccccc21. The molecular weight excluding hydrogens is 424 g/mol. The maximum Gasteiger partial charge on any atom is 0.331 e. The molecular formula is C25H21N2O6-. The van der Waals surface area contributed by atoms with E-state index in [1.165, 1.54) is 31.4 Å². The van der Waals surface area contributed by atoms with E-state index in [0.29, 0.717) is 5.56 Å². The van der Waals surface area contributed by atoms with Crippen molar-refractivity contribution in [1.82, 2.24) is 0 Å². The van der Waals surface area contributed by atoms with Gasteiger partial charge >= 0.3 is 5.97 Å². The molecule has 8 heteroatoms. The van der Waals surface area contributed by atoms with E-state index >= 15 is 0 Å². The molecule has 3 aromatic carbocycles. The summed E-state index contributed by atoms with van der Waals surface area (Å²) in [4.78, 5) is 26.4. The highest BCUT2D eigenvalue weighted by atomic mass is 16.6. The number of non-ortho nitro benzene ring substituents is 1. The predicted molar refractivity (Wildman–Crippen MR) is 120 cm³/mol. The van der Waals surface area contributed by atoms with Gasteiger partial charge in [0, 0.05) is 31.1 Å². The van der Waals surface area contributed by atoms with Crippen molar-refractivity contribution in [2.45, 2.75) is 18.4 Å². The minimum absolute atomic E-state index is 0.0505. The molecule has 0 saturated carbocycles. The molecule has 0 aromatic heterocycles. The minimum atomic E-state index is -1.12. The normalized spacial score (nSPS) is 13.7. The van der Waals surface area contributed by atoms with Crippen LogP contribution in [0.1, 0.15) is 22.6 Å². The molecule has 33 heavy (non-hydrogen) atoms. The molecule has 1 atom stereocenters. The van der Waals surface area contributed by atoms with E-state index in [2.05, 4.69) is 4.99 Å². The van der Waals surface area contributed by atoms with E-state index < -0.39 is 23.0 Å². The number of aliphatic imine (C=N–C) groups is 1. The number of esters is 1. The molecule has 1 unspecified atom stereocenters. The molecule has 3 aromatic rings. The van der Waals surface area contributed by atoms with Crippen LogP contribution in [0.2, 0.25) is 0 Å². The van der Waals surface area contributed by atoms with E-state index in [-0.39, 0.29) is 24.6 Å². The number of nitrogens with zero attached hydrogens (tertiary/aromatic N) is 2. The summed E-state index contributed by atoms with van der Waals surface area (Å²) in [5.74, 6) is -0.815. The van der Waals surface area contributed by atoms with Gasteiger partial charge in [-0.15, -0.1) is 0 Å². The van der Waals surface area contributed by atoms with Crippen LogP contribution in [0, 0.1) is 10.1 Å². The Bertz CT molecular complexity index is 1160. The van der Waals surface area contributed by atoms with Crippen molar-refractivity contribution in [1.29, 1.82) is 0 Å². The van der Waals surface area contributed by atoms with E-state index in [4.69, 9.17) is 9.47 Å². The molecule has 1 aliphatic carbocycles. The van der Waals surface area contributed by atoms with Gasteiger partial charge in [-0.3, -0.25) is 15.1 Å². The fraction of sp³-hybridized carbons (Fsp3) is 0.200. The average molecular weight is 445 g/mol. The third-order valence-corrected chi connectivity index (χ3v) is 5.65. The van der Waals surface area contributed by atoms with Gasteiger partial charge in [0.15, 0.2) is 6.04 Å². The molecule has 0 heterocycles. The van der Waals surface area contributed by atoms with Crippen LogP contribution in [0.25, 0.3) is 11.1 Å². The minimum Gasteiger partial charge on any atom is -0.599 e. The van der Waals surface area contributed by atoms with E-state index in [9.17, 15) is 20.0 Å². The molecule has 0 N–H and O–H groups in total. The Hall–Kier alpha value is -4.20. The standard InChI is InChI=1S/C25H22N2O6/c1-32-24(28)23(14-16-10-12-17(13-11-16)27(30)31)26-25(29)33-15-22-20-8-4-2-6-18(20)19-7-3-5-9-21(19)22/h2-13,22-23H,14-15H2,1H3,(H,26,29)/p-1. The topological polar surface area (TPSA) is 114 Å². The zero-order chi connectivity index (χ0) is 23.4. The Morgan fingerprint density at radius 3 is 2.12 bits per heavy atom. The molecule has 168 valence electrons. The first-order valence-corrected chi connectivity index (χ1v) is 10.3. The third kappa shape index (κ3) is 4.69. The Balaban J connectivity index is 1.49. The quantitative estimate of drug-likeness (QED) is 0.181. The summed E-state index contributed by atoms with van der Waals surface area (Å²) in [6.07, 6.45) is -0.816. The van der Waals surface area contributed by atoms with E-state index in [1.54, 1.807) is 0 Å². The summed E-state index contributed by atoms with van der Waals surface area (Å²) in [7, 11) is 1.21. The second kappa shape index (κ2) is 9.52. The first-order valence-electron chi connectivity index (χ1n) is 10.3. The monoisotopic (exact) mass is 445 g/mol. The van der Waals surface area contributed by atoms with Gasteiger partial charge in [-0.1, -0.05) is 60.7 Å². The fourth-order valence-electron chi connectivity index (χ4n) is 4.05. The lowest BCUT2D eigenvalue weighted by atomic mass is 9.98. The molecule has 0 aliphatic heterocycles. The fourth-order valence-corrected chi connectivity index (χ4v) is 4.05. The zero-order valence-corrected chi connectivity index (χ0v) is 17.8. The summed E-state index contributed by atoms with van der Waals surface area (Å²) < 4.78 is 10.2. The lowest BCUT2D eigenvalue weighted by Crippen LogP contribution is -2.31. The Labute approximate surface area is 190 Å². The third-order valence-electron chi connectivity index (χ3n) is 5.65. The van der Waals surface area contributed by atoms with Gasteiger partial charge in [-0.2, -0.15) is 0 Å². The van der Waals surface area contributed by atoms with Gasteiger partial charge in [0.1, 0.15) is 6.08 Å². The molecule has 0 amide bonds. The van der Waals surface area contributed by atoms with E-state index in [0.717, 1.165) is 22.3 Å². The Morgan fingerprint density at radius 2 is 1.58 bits per heavy atom. The molecule has 8 nitrogen and oxygen atoms in total. The summed E-state index contributed by atoms with van der Waals surface area (Å²) in [6, 6.07) is 20.5. The highest BCUT2D eigenvalue weighted by molar-refractivity contribution is 5.80. The summed E-state index contributed by atoms with van der Waals surface area (Å²) >= 11 is 0. The molecule has 0 bridgehead atoms. The molecule has 0 radical (unpaired) electrons. The van der Waals surface area contributed by atoms with Crippen LogP contribution in [0.5, 0.6) is 0 Å². The van der Waals surface area contributed by atoms with Crippen LogP contribution in [0.3, 0.4) is 0 Å². The van der Waals surface area contributed by atoms with Crippen LogP contribution in [-0.4, -0.2) is 36.7 Å². The first-order chi connectivity index (χ1) is 16.0. The second-order valence-corrected chi connectivity index (χ2v) is 7.60. The van der Waals surface area contributed by atoms with Crippen molar-refractivity contribution in [2.24, 2.45) is 4.99 Å². The van der Waals surface area contributed by atoms with Crippen molar-refractivity contribution in [3.63, 3.8) is 0 Å². The molecule has 0 saturated heterocycles. The lowest BCUT2D eigenvalue weighted by molar-refractivity contribution is -0.384. The molecule has 0 spiro atoms. The number of benzene rings is 3. The second-order valence-electron chi connectivity index (χ2n) is 7.60. The zero-order valence-electron chi connectivity index (χ0n) is 17.8. The van der Waals surface area contributed by atoms with Gasteiger partial charge in [-0.25, -0.2) is 4.79 Å². The van der Waals surface area contributed by atoms with Gasteiger partial charge < -0.3 is 14.6 Å². The molecule has 4 rings (SSSR count). The van der Waals surface area contributed by atoms with Crippen LogP contribution in [0.15, 0.2) is 77.8 Å². The number of hydrogen-bond donors (Lipinski definition) is 0.